The molecule has 1 aliphatic rings. The quantitative estimate of drug-likeness (QED) is 0.735. The highest BCUT2D eigenvalue weighted by atomic mass is 32.2. The van der Waals surface area contributed by atoms with Crippen molar-refractivity contribution >= 4 is 29.3 Å². The Bertz CT molecular complexity index is 895. The molecule has 0 unspecified atom stereocenters. The molecule has 6 nitrogen and oxygen atoms in total. The van der Waals surface area contributed by atoms with Gasteiger partial charge < -0.3 is 19.9 Å². The van der Waals surface area contributed by atoms with Gasteiger partial charge in [-0.25, -0.2) is 0 Å². The molecule has 0 bridgehead atoms. The van der Waals surface area contributed by atoms with Crippen LogP contribution in [0.5, 0.6) is 5.75 Å². The van der Waals surface area contributed by atoms with E-state index < -0.39 is 0 Å². The lowest BCUT2D eigenvalue weighted by molar-refractivity contribution is -0.113. The van der Waals surface area contributed by atoms with Crippen molar-refractivity contribution < 1.29 is 14.3 Å². The molecule has 0 atom stereocenters. The maximum absolute atomic E-state index is 12.9. The van der Waals surface area contributed by atoms with Gasteiger partial charge in [-0.3, -0.25) is 9.59 Å². The third-order valence-corrected chi connectivity index (χ3v) is 6.10. The Morgan fingerprint density at radius 3 is 2.57 bits per heavy atom. The molecular formula is C23H29N3O3S. The molecule has 2 aromatic carbocycles. The van der Waals surface area contributed by atoms with Crippen molar-refractivity contribution in [3.05, 3.63) is 59.2 Å². The van der Waals surface area contributed by atoms with Gasteiger partial charge in [0, 0.05) is 37.5 Å². The Balaban J connectivity index is 1.60. The second-order valence-electron chi connectivity index (χ2n) is 7.54. The minimum atomic E-state index is -0.116. The Hall–Kier alpha value is -2.51. The van der Waals surface area contributed by atoms with Gasteiger partial charge in [-0.05, 0) is 37.7 Å². The third-order valence-electron chi connectivity index (χ3n) is 5.10. The molecule has 0 aromatic heterocycles. The van der Waals surface area contributed by atoms with E-state index in [2.05, 4.69) is 42.4 Å². The molecule has 1 aliphatic heterocycles. The van der Waals surface area contributed by atoms with Crippen LogP contribution >= 0.6 is 11.8 Å². The summed E-state index contributed by atoms with van der Waals surface area (Å²) in [6, 6.07) is 13.5. The van der Waals surface area contributed by atoms with Crippen LogP contribution in [0.15, 0.2) is 42.5 Å². The summed E-state index contributed by atoms with van der Waals surface area (Å²) >= 11 is 1.56. The van der Waals surface area contributed by atoms with E-state index >= 15 is 0 Å². The fourth-order valence-corrected chi connectivity index (χ4v) is 4.16. The number of aryl methyl sites for hydroxylation is 1. The predicted molar refractivity (Wildman–Crippen MR) is 122 cm³/mol. The van der Waals surface area contributed by atoms with E-state index in [1.807, 2.05) is 11.0 Å². The van der Waals surface area contributed by atoms with E-state index in [-0.39, 0.29) is 11.8 Å². The van der Waals surface area contributed by atoms with Crippen LogP contribution in [0.25, 0.3) is 0 Å². The van der Waals surface area contributed by atoms with E-state index in [4.69, 9.17) is 4.74 Å². The van der Waals surface area contributed by atoms with Crippen molar-refractivity contribution in [3.8, 4) is 5.75 Å². The first-order valence-corrected chi connectivity index (χ1v) is 11.2. The molecule has 0 saturated carbocycles. The van der Waals surface area contributed by atoms with Gasteiger partial charge in [-0.2, -0.15) is 0 Å². The zero-order valence-electron chi connectivity index (χ0n) is 17.8. The summed E-state index contributed by atoms with van der Waals surface area (Å²) in [5.74, 6) is 1.51. The van der Waals surface area contributed by atoms with E-state index in [0.717, 1.165) is 18.8 Å². The number of amides is 2. The standard InChI is InChI=1S/C23H29N3O3S/c1-17-5-4-6-18(13-17)15-30-16-22(27)24-20-14-19(7-8-21(20)29-3)23(28)26-11-9-25(2)10-12-26/h4-8,13-14H,9-12,15-16H2,1-3H3,(H,24,27). The number of nitrogens with one attached hydrogen (secondary N) is 1. The molecular weight excluding hydrogens is 398 g/mol. The maximum atomic E-state index is 12.9. The van der Waals surface area contributed by atoms with Crippen molar-refractivity contribution in [3.63, 3.8) is 0 Å². The summed E-state index contributed by atoms with van der Waals surface area (Å²) in [7, 11) is 3.61. The second-order valence-corrected chi connectivity index (χ2v) is 8.53. The monoisotopic (exact) mass is 427 g/mol. The first kappa shape index (κ1) is 22.2. The van der Waals surface area contributed by atoms with Gasteiger partial charge in [-0.1, -0.05) is 29.8 Å². The van der Waals surface area contributed by atoms with Gasteiger partial charge in [0.05, 0.1) is 18.6 Å². The molecule has 2 amide bonds. The van der Waals surface area contributed by atoms with Crippen LogP contribution in [0.1, 0.15) is 21.5 Å². The van der Waals surface area contributed by atoms with Crippen LogP contribution in [-0.4, -0.2) is 67.7 Å². The Morgan fingerprint density at radius 1 is 1.10 bits per heavy atom. The van der Waals surface area contributed by atoms with Crippen LogP contribution in [0.4, 0.5) is 5.69 Å². The lowest BCUT2D eigenvalue weighted by atomic mass is 10.1. The van der Waals surface area contributed by atoms with Crippen molar-refractivity contribution in [1.29, 1.82) is 0 Å². The number of rotatable bonds is 7. The van der Waals surface area contributed by atoms with E-state index in [9.17, 15) is 9.59 Å². The lowest BCUT2D eigenvalue weighted by Gasteiger charge is -2.32. The van der Waals surface area contributed by atoms with Gasteiger partial charge in [-0.15, -0.1) is 11.8 Å². The summed E-state index contributed by atoms with van der Waals surface area (Å²) in [5, 5.41) is 2.90. The highest BCUT2D eigenvalue weighted by molar-refractivity contribution is 7.99. The minimum Gasteiger partial charge on any atom is -0.495 e. The summed E-state index contributed by atoms with van der Waals surface area (Å²) in [4.78, 5) is 29.4. The molecule has 30 heavy (non-hydrogen) atoms. The van der Waals surface area contributed by atoms with Gasteiger partial charge in [0.25, 0.3) is 5.91 Å². The molecule has 0 aliphatic carbocycles. The lowest BCUT2D eigenvalue weighted by Crippen LogP contribution is -2.47. The average molecular weight is 428 g/mol. The van der Waals surface area contributed by atoms with Crippen LogP contribution in [0, 0.1) is 6.92 Å². The average Bonchev–Trinajstić information content (AvgIpc) is 2.74. The molecule has 0 radical (unpaired) electrons. The number of methoxy groups -OCH3 is 1. The molecule has 160 valence electrons. The predicted octanol–water partition coefficient (Wildman–Crippen LogP) is 3.26. The van der Waals surface area contributed by atoms with E-state index in [1.165, 1.54) is 11.1 Å². The van der Waals surface area contributed by atoms with Crippen LogP contribution < -0.4 is 10.1 Å². The minimum absolute atomic E-state index is 0.0184. The number of piperazine rings is 1. The zero-order valence-corrected chi connectivity index (χ0v) is 18.6. The number of nitrogens with zero attached hydrogens (tertiary/aromatic N) is 2. The number of hydrogen-bond acceptors (Lipinski definition) is 5. The number of thioether (sulfide) groups is 1. The number of carbonyl (C=O) groups is 2. The summed E-state index contributed by atoms with van der Waals surface area (Å²) in [5.41, 5.74) is 3.50. The normalized spacial score (nSPS) is 14.4. The van der Waals surface area contributed by atoms with E-state index in [1.54, 1.807) is 37.1 Å². The molecule has 1 saturated heterocycles. The second kappa shape index (κ2) is 10.5. The van der Waals surface area contributed by atoms with Crippen LogP contribution in [0.2, 0.25) is 0 Å². The van der Waals surface area contributed by atoms with Gasteiger partial charge in [0.2, 0.25) is 5.91 Å². The number of hydrogen-bond donors (Lipinski definition) is 1. The fraction of sp³-hybridized carbons (Fsp3) is 0.391. The highest BCUT2D eigenvalue weighted by Gasteiger charge is 2.21. The summed E-state index contributed by atoms with van der Waals surface area (Å²) in [6.07, 6.45) is 0. The fourth-order valence-electron chi connectivity index (χ4n) is 3.38. The smallest absolute Gasteiger partial charge is 0.254 e. The van der Waals surface area contributed by atoms with E-state index in [0.29, 0.717) is 35.8 Å². The first-order chi connectivity index (χ1) is 14.5. The number of carbonyl (C=O) groups excluding carboxylic acids is 2. The molecule has 7 heteroatoms. The zero-order chi connectivity index (χ0) is 21.5. The number of likely N-dealkylation sites (N-methyl/N-ethyl adjacent to an activating group) is 1. The summed E-state index contributed by atoms with van der Waals surface area (Å²) in [6.45, 7) is 5.20. The Morgan fingerprint density at radius 2 is 1.87 bits per heavy atom. The van der Waals surface area contributed by atoms with Crippen molar-refractivity contribution in [2.45, 2.75) is 12.7 Å². The number of anilines is 1. The first-order valence-electron chi connectivity index (χ1n) is 10.1. The van der Waals surface area contributed by atoms with Crippen molar-refractivity contribution in [1.82, 2.24) is 9.80 Å². The Labute approximate surface area is 182 Å². The van der Waals surface area contributed by atoms with Crippen LogP contribution in [-0.2, 0) is 10.5 Å². The molecule has 3 rings (SSSR count). The molecule has 1 fully saturated rings. The molecule has 0 spiro atoms. The number of ether oxygens (including phenoxy) is 1. The van der Waals surface area contributed by atoms with Crippen LogP contribution in [0.3, 0.4) is 0 Å². The third kappa shape index (κ3) is 6.00. The number of benzene rings is 2. The highest BCUT2D eigenvalue weighted by Crippen LogP contribution is 2.27. The van der Waals surface area contributed by atoms with Gasteiger partial charge >= 0.3 is 0 Å². The molecule has 1 N–H and O–H groups in total. The van der Waals surface area contributed by atoms with Gasteiger partial charge in [0.15, 0.2) is 0 Å². The topological polar surface area (TPSA) is 61.9 Å². The van der Waals surface area contributed by atoms with Crippen molar-refractivity contribution in [2.24, 2.45) is 0 Å². The van der Waals surface area contributed by atoms with Gasteiger partial charge in [0.1, 0.15) is 5.75 Å². The largest absolute Gasteiger partial charge is 0.495 e. The maximum Gasteiger partial charge on any atom is 0.254 e. The Kier molecular flexibility index (Phi) is 7.76. The molecule has 2 aromatic rings. The SMILES string of the molecule is COc1ccc(C(=O)N2CCN(C)CC2)cc1NC(=O)CSCc1cccc(C)c1. The van der Waals surface area contributed by atoms with Crippen molar-refractivity contribution in [2.75, 3.05) is 51.4 Å². The summed E-state index contributed by atoms with van der Waals surface area (Å²) < 4.78 is 5.37. The molecule has 1 heterocycles.